The summed E-state index contributed by atoms with van der Waals surface area (Å²) in [4.78, 5) is 12.1. The Labute approximate surface area is 110 Å². The van der Waals surface area contributed by atoms with Crippen LogP contribution in [-0.4, -0.2) is 11.8 Å². The van der Waals surface area contributed by atoms with E-state index < -0.39 is 0 Å². The number of rotatable bonds is 5. The molecular formula is C16H23NO. The third kappa shape index (κ3) is 2.99. The molecule has 2 heteroatoms. The highest BCUT2D eigenvalue weighted by molar-refractivity contribution is 5.99. The number of hydrogen-bond acceptors (Lipinski definition) is 2. The molecule has 0 amide bonds. The Morgan fingerprint density at radius 3 is 2.33 bits per heavy atom. The molecule has 1 saturated carbocycles. The molecule has 0 heterocycles. The first-order chi connectivity index (χ1) is 8.58. The molecule has 1 unspecified atom stereocenters. The number of benzene rings is 1. The summed E-state index contributed by atoms with van der Waals surface area (Å²) in [5.74, 6) is 1.25. The lowest BCUT2D eigenvalue weighted by Crippen LogP contribution is -2.31. The second-order valence-electron chi connectivity index (χ2n) is 5.85. The molecule has 1 aliphatic carbocycles. The summed E-state index contributed by atoms with van der Waals surface area (Å²) in [6, 6.07) is 7.71. The third-order valence-corrected chi connectivity index (χ3v) is 3.83. The predicted octanol–water partition coefficient (Wildman–Crippen LogP) is 3.51. The number of Topliss-reactive ketones (excluding diaryl/α,β-unsaturated/α-hetero) is 1. The van der Waals surface area contributed by atoms with Crippen LogP contribution in [0.3, 0.4) is 0 Å². The smallest absolute Gasteiger partial charge is 0.179 e. The van der Waals surface area contributed by atoms with E-state index in [-0.39, 0.29) is 11.8 Å². The highest BCUT2D eigenvalue weighted by Crippen LogP contribution is 2.36. The molecule has 2 nitrogen and oxygen atoms in total. The van der Waals surface area contributed by atoms with Crippen molar-refractivity contribution < 1.29 is 4.79 Å². The Morgan fingerprint density at radius 1 is 1.28 bits per heavy atom. The molecule has 0 bridgehead atoms. The van der Waals surface area contributed by atoms with Gasteiger partial charge in [-0.05, 0) is 36.7 Å². The molecule has 0 aromatic heterocycles. The molecule has 18 heavy (non-hydrogen) atoms. The molecule has 0 saturated heterocycles. The minimum Gasteiger partial charge on any atom is -0.321 e. The molecular weight excluding hydrogens is 222 g/mol. The van der Waals surface area contributed by atoms with E-state index in [0.29, 0.717) is 5.92 Å². The predicted molar refractivity (Wildman–Crippen MR) is 74.8 cm³/mol. The van der Waals surface area contributed by atoms with Gasteiger partial charge < -0.3 is 5.73 Å². The Bertz CT molecular complexity index is 404. The minimum absolute atomic E-state index is 0.0730. The van der Waals surface area contributed by atoms with Gasteiger partial charge in [0.15, 0.2) is 5.78 Å². The monoisotopic (exact) mass is 245 g/mol. The van der Waals surface area contributed by atoms with Crippen molar-refractivity contribution in [1.82, 2.24) is 0 Å². The zero-order chi connectivity index (χ0) is 13.1. The van der Waals surface area contributed by atoms with Gasteiger partial charge in [0.25, 0.3) is 0 Å². The van der Waals surface area contributed by atoms with Crippen LogP contribution in [0.4, 0.5) is 0 Å². The number of carbonyl (C=O) groups is 1. The number of hydrogen-bond donors (Lipinski definition) is 1. The maximum absolute atomic E-state index is 12.1. The molecule has 0 radical (unpaired) electrons. The lowest BCUT2D eigenvalue weighted by Gasteiger charge is -2.25. The van der Waals surface area contributed by atoms with Crippen molar-refractivity contribution in [3.8, 4) is 0 Å². The summed E-state index contributed by atoms with van der Waals surface area (Å²) in [6.45, 7) is 4.18. The lowest BCUT2D eigenvalue weighted by molar-refractivity contribution is 0.0951. The Balaban J connectivity index is 2.01. The fourth-order valence-corrected chi connectivity index (χ4v) is 2.49. The summed E-state index contributed by atoms with van der Waals surface area (Å²) < 4.78 is 0. The van der Waals surface area contributed by atoms with E-state index in [0.717, 1.165) is 17.9 Å². The second-order valence-corrected chi connectivity index (χ2v) is 5.85. The lowest BCUT2D eigenvalue weighted by atomic mass is 9.80. The highest BCUT2D eigenvalue weighted by atomic mass is 16.1. The van der Waals surface area contributed by atoms with Crippen LogP contribution in [0.15, 0.2) is 24.3 Å². The largest absolute Gasteiger partial charge is 0.321 e. The molecule has 2 N–H and O–H groups in total. The minimum atomic E-state index is -0.362. The Kier molecular flexibility index (Phi) is 4.18. The van der Waals surface area contributed by atoms with E-state index in [9.17, 15) is 4.79 Å². The Morgan fingerprint density at radius 2 is 1.89 bits per heavy atom. The summed E-state index contributed by atoms with van der Waals surface area (Å²) in [5.41, 5.74) is 8.06. The van der Waals surface area contributed by atoms with E-state index in [1.54, 1.807) is 0 Å². The van der Waals surface area contributed by atoms with E-state index in [2.05, 4.69) is 26.0 Å². The van der Waals surface area contributed by atoms with Crippen molar-refractivity contribution in [2.24, 2.45) is 11.7 Å². The van der Waals surface area contributed by atoms with Gasteiger partial charge in [-0.15, -0.1) is 0 Å². The summed E-state index contributed by atoms with van der Waals surface area (Å²) in [5, 5.41) is 0. The molecule has 98 valence electrons. The molecule has 0 spiro atoms. The quantitative estimate of drug-likeness (QED) is 0.807. The standard InChI is InChI=1S/C16H23NO/c1-11(2)10-15(17)16(18)14-8-6-13(7-9-14)12-4-3-5-12/h6-9,11-12,15H,3-5,10,17H2,1-2H3. The topological polar surface area (TPSA) is 43.1 Å². The molecule has 2 rings (SSSR count). The van der Waals surface area contributed by atoms with Gasteiger partial charge in [0.1, 0.15) is 0 Å². The van der Waals surface area contributed by atoms with Gasteiger partial charge in [-0.25, -0.2) is 0 Å². The molecule has 1 fully saturated rings. The SMILES string of the molecule is CC(C)CC(N)C(=O)c1ccc(C2CCC2)cc1. The molecule has 1 aromatic carbocycles. The fourth-order valence-electron chi connectivity index (χ4n) is 2.49. The van der Waals surface area contributed by atoms with E-state index in [1.165, 1.54) is 24.8 Å². The first-order valence-electron chi connectivity index (χ1n) is 6.97. The van der Waals surface area contributed by atoms with Crippen molar-refractivity contribution >= 4 is 5.78 Å². The zero-order valence-corrected chi connectivity index (χ0v) is 11.4. The van der Waals surface area contributed by atoms with Gasteiger partial charge in [0.05, 0.1) is 6.04 Å². The van der Waals surface area contributed by atoms with Crippen molar-refractivity contribution in [1.29, 1.82) is 0 Å². The van der Waals surface area contributed by atoms with Crippen LogP contribution in [-0.2, 0) is 0 Å². The number of carbonyl (C=O) groups excluding carboxylic acids is 1. The van der Waals surface area contributed by atoms with Crippen LogP contribution >= 0.6 is 0 Å². The molecule has 1 aliphatic rings. The first-order valence-corrected chi connectivity index (χ1v) is 6.97. The second kappa shape index (κ2) is 5.66. The summed E-state index contributed by atoms with van der Waals surface area (Å²) in [7, 11) is 0. The van der Waals surface area contributed by atoms with Gasteiger partial charge in [-0.2, -0.15) is 0 Å². The summed E-state index contributed by atoms with van der Waals surface area (Å²) >= 11 is 0. The molecule has 1 aromatic rings. The first kappa shape index (κ1) is 13.3. The number of nitrogens with two attached hydrogens (primary N) is 1. The van der Waals surface area contributed by atoms with Gasteiger partial charge in [-0.1, -0.05) is 44.5 Å². The summed E-state index contributed by atoms with van der Waals surface area (Å²) in [6.07, 6.45) is 4.67. The van der Waals surface area contributed by atoms with Gasteiger partial charge in [-0.3, -0.25) is 4.79 Å². The number of ketones is 1. The maximum Gasteiger partial charge on any atom is 0.179 e. The van der Waals surface area contributed by atoms with Crippen LogP contribution in [0.25, 0.3) is 0 Å². The molecule has 0 aliphatic heterocycles. The van der Waals surface area contributed by atoms with Gasteiger partial charge in [0.2, 0.25) is 0 Å². The maximum atomic E-state index is 12.1. The van der Waals surface area contributed by atoms with Crippen LogP contribution in [0.1, 0.15) is 61.4 Å². The van der Waals surface area contributed by atoms with Crippen LogP contribution in [0, 0.1) is 5.92 Å². The van der Waals surface area contributed by atoms with Gasteiger partial charge in [0, 0.05) is 5.56 Å². The van der Waals surface area contributed by atoms with Crippen molar-refractivity contribution in [3.63, 3.8) is 0 Å². The van der Waals surface area contributed by atoms with Crippen molar-refractivity contribution in [2.75, 3.05) is 0 Å². The van der Waals surface area contributed by atoms with Crippen molar-refractivity contribution in [3.05, 3.63) is 35.4 Å². The van der Waals surface area contributed by atoms with Crippen LogP contribution in [0.5, 0.6) is 0 Å². The normalized spacial score (nSPS) is 17.6. The average molecular weight is 245 g/mol. The van der Waals surface area contributed by atoms with Crippen LogP contribution in [0.2, 0.25) is 0 Å². The van der Waals surface area contributed by atoms with E-state index in [4.69, 9.17) is 5.73 Å². The Hall–Kier alpha value is -1.15. The zero-order valence-electron chi connectivity index (χ0n) is 11.4. The van der Waals surface area contributed by atoms with E-state index in [1.807, 2.05) is 12.1 Å². The average Bonchev–Trinajstić information content (AvgIpc) is 2.26. The van der Waals surface area contributed by atoms with Crippen molar-refractivity contribution in [2.45, 2.75) is 51.5 Å². The van der Waals surface area contributed by atoms with Crippen LogP contribution < -0.4 is 5.73 Å². The third-order valence-electron chi connectivity index (χ3n) is 3.83. The fraction of sp³-hybridized carbons (Fsp3) is 0.562. The molecule has 1 atom stereocenters. The van der Waals surface area contributed by atoms with E-state index >= 15 is 0 Å². The van der Waals surface area contributed by atoms with Gasteiger partial charge >= 0.3 is 0 Å². The highest BCUT2D eigenvalue weighted by Gasteiger charge is 2.21.